The molecule has 0 aliphatic heterocycles. The van der Waals surface area contributed by atoms with Crippen molar-refractivity contribution in [2.75, 3.05) is 13.2 Å². The van der Waals surface area contributed by atoms with Gasteiger partial charge in [0.05, 0.1) is 6.61 Å². The van der Waals surface area contributed by atoms with Crippen LogP contribution in [0.15, 0.2) is 0 Å². The van der Waals surface area contributed by atoms with Crippen LogP contribution in [0.25, 0.3) is 0 Å². The van der Waals surface area contributed by atoms with Crippen LogP contribution in [0.2, 0.25) is 0 Å². The van der Waals surface area contributed by atoms with Gasteiger partial charge in [0.1, 0.15) is 5.54 Å². The molecule has 0 aromatic rings. The predicted octanol–water partition coefficient (Wildman–Crippen LogP) is 1.92. The SMILES string of the molecule is CCN(C(=N)OCC(C)(C)C)C1(C(=O)O)CC1. The third-order valence-electron chi connectivity index (χ3n) is 2.84. The highest BCUT2D eigenvalue weighted by molar-refractivity contribution is 5.88. The predicted molar refractivity (Wildman–Crippen MR) is 65.1 cm³/mol. The Morgan fingerprint density at radius 3 is 2.29 bits per heavy atom. The highest BCUT2D eigenvalue weighted by Crippen LogP contribution is 2.42. The quantitative estimate of drug-likeness (QED) is 0.583. The Hall–Kier alpha value is -1.26. The number of carbonyl (C=O) groups is 1. The normalized spacial score (nSPS) is 17.4. The van der Waals surface area contributed by atoms with Gasteiger partial charge in [-0.15, -0.1) is 0 Å². The van der Waals surface area contributed by atoms with Crippen LogP contribution in [0.5, 0.6) is 0 Å². The molecule has 0 atom stereocenters. The molecule has 0 spiro atoms. The van der Waals surface area contributed by atoms with Crippen molar-refractivity contribution in [2.45, 2.75) is 46.1 Å². The molecule has 17 heavy (non-hydrogen) atoms. The second-order valence-corrected chi connectivity index (χ2v) is 5.74. The first-order valence-corrected chi connectivity index (χ1v) is 5.95. The first-order chi connectivity index (χ1) is 7.73. The van der Waals surface area contributed by atoms with E-state index >= 15 is 0 Å². The minimum Gasteiger partial charge on any atom is -0.479 e. The molecule has 5 heteroatoms. The Kier molecular flexibility index (Phi) is 3.69. The lowest BCUT2D eigenvalue weighted by Gasteiger charge is -2.30. The van der Waals surface area contributed by atoms with Gasteiger partial charge < -0.3 is 14.7 Å². The average Bonchev–Trinajstić information content (AvgIpc) is 2.96. The Balaban J connectivity index is 2.63. The number of carboxylic acid groups (broad SMARTS) is 1. The van der Waals surface area contributed by atoms with E-state index in [1.165, 1.54) is 0 Å². The zero-order valence-electron chi connectivity index (χ0n) is 11.0. The maximum atomic E-state index is 11.2. The number of amidine groups is 1. The van der Waals surface area contributed by atoms with Crippen molar-refractivity contribution < 1.29 is 14.6 Å². The maximum Gasteiger partial charge on any atom is 0.329 e. The van der Waals surface area contributed by atoms with E-state index in [0.717, 1.165) is 0 Å². The lowest BCUT2D eigenvalue weighted by molar-refractivity contribution is -0.143. The van der Waals surface area contributed by atoms with Gasteiger partial charge >= 0.3 is 5.97 Å². The third kappa shape index (κ3) is 3.11. The fourth-order valence-electron chi connectivity index (χ4n) is 1.72. The molecule has 0 aromatic heterocycles. The van der Waals surface area contributed by atoms with Crippen LogP contribution < -0.4 is 0 Å². The zero-order chi connectivity index (χ0) is 13.3. The van der Waals surface area contributed by atoms with Gasteiger partial charge in [-0.2, -0.15) is 0 Å². The summed E-state index contributed by atoms with van der Waals surface area (Å²) in [6.45, 7) is 8.78. The number of hydrogen-bond acceptors (Lipinski definition) is 3. The molecule has 0 saturated heterocycles. The van der Waals surface area contributed by atoms with E-state index in [-0.39, 0.29) is 11.4 Å². The summed E-state index contributed by atoms with van der Waals surface area (Å²) in [4.78, 5) is 12.7. The molecule has 1 rings (SSSR count). The largest absolute Gasteiger partial charge is 0.479 e. The standard InChI is InChI=1S/C12H22N2O3/c1-5-14(12(6-7-12)9(15)16)10(13)17-8-11(2,3)4/h13H,5-8H2,1-4H3,(H,15,16). The number of aliphatic carboxylic acids is 1. The number of carboxylic acids is 1. The van der Waals surface area contributed by atoms with E-state index in [1.807, 2.05) is 27.7 Å². The first kappa shape index (κ1) is 13.8. The van der Waals surface area contributed by atoms with Crippen molar-refractivity contribution in [3.8, 4) is 0 Å². The summed E-state index contributed by atoms with van der Waals surface area (Å²) in [5.41, 5.74) is -0.921. The van der Waals surface area contributed by atoms with Gasteiger partial charge in [-0.1, -0.05) is 20.8 Å². The molecule has 0 heterocycles. The minimum atomic E-state index is -0.885. The summed E-state index contributed by atoms with van der Waals surface area (Å²) in [7, 11) is 0. The van der Waals surface area contributed by atoms with E-state index in [0.29, 0.717) is 26.0 Å². The van der Waals surface area contributed by atoms with Gasteiger partial charge in [-0.05, 0) is 25.2 Å². The molecule has 0 unspecified atom stereocenters. The summed E-state index contributed by atoms with van der Waals surface area (Å²) in [6, 6.07) is -0.0256. The van der Waals surface area contributed by atoms with Crippen LogP contribution in [0.3, 0.4) is 0 Å². The van der Waals surface area contributed by atoms with Gasteiger partial charge in [0.15, 0.2) is 0 Å². The van der Waals surface area contributed by atoms with Crippen molar-refractivity contribution in [3.63, 3.8) is 0 Å². The van der Waals surface area contributed by atoms with Gasteiger partial charge in [0.25, 0.3) is 6.02 Å². The molecule has 1 fully saturated rings. The number of likely N-dealkylation sites (N-methyl/N-ethyl adjacent to an activating group) is 1. The summed E-state index contributed by atoms with van der Waals surface area (Å²) >= 11 is 0. The number of ether oxygens (including phenoxy) is 1. The number of rotatable bonds is 4. The molecule has 5 nitrogen and oxygen atoms in total. The molecular weight excluding hydrogens is 220 g/mol. The van der Waals surface area contributed by atoms with Gasteiger partial charge in [-0.3, -0.25) is 5.41 Å². The smallest absolute Gasteiger partial charge is 0.329 e. The molecule has 2 N–H and O–H groups in total. The second-order valence-electron chi connectivity index (χ2n) is 5.74. The van der Waals surface area contributed by atoms with E-state index in [2.05, 4.69) is 0 Å². The van der Waals surface area contributed by atoms with Crippen molar-refractivity contribution in [1.82, 2.24) is 4.90 Å². The molecule has 0 radical (unpaired) electrons. The summed E-state index contributed by atoms with van der Waals surface area (Å²) in [5.74, 6) is -0.858. The summed E-state index contributed by atoms with van der Waals surface area (Å²) in [6.07, 6.45) is 1.19. The summed E-state index contributed by atoms with van der Waals surface area (Å²) in [5, 5.41) is 17.0. The third-order valence-corrected chi connectivity index (χ3v) is 2.84. The van der Waals surface area contributed by atoms with Crippen LogP contribution in [-0.2, 0) is 9.53 Å². The molecule has 0 amide bonds. The van der Waals surface area contributed by atoms with E-state index in [4.69, 9.17) is 10.1 Å². The Bertz CT molecular complexity index is 316. The van der Waals surface area contributed by atoms with Crippen molar-refractivity contribution in [3.05, 3.63) is 0 Å². The van der Waals surface area contributed by atoms with Crippen LogP contribution in [0.1, 0.15) is 40.5 Å². The van der Waals surface area contributed by atoms with Crippen LogP contribution in [0.4, 0.5) is 0 Å². The number of nitrogens with zero attached hydrogens (tertiary/aromatic N) is 1. The van der Waals surface area contributed by atoms with E-state index in [1.54, 1.807) is 4.90 Å². The molecule has 1 saturated carbocycles. The van der Waals surface area contributed by atoms with E-state index < -0.39 is 11.5 Å². The second kappa shape index (κ2) is 4.55. The number of nitrogens with one attached hydrogen (secondary N) is 1. The maximum absolute atomic E-state index is 11.2. The van der Waals surface area contributed by atoms with Crippen molar-refractivity contribution >= 4 is 12.0 Å². The Labute approximate surface area is 102 Å². The summed E-state index contributed by atoms with van der Waals surface area (Å²) < 4.78 is 5.38. The molecule has 0 bridgehead atoms. The van der Waals surface area contributed by atoms with Crippen molar-refractivity contribution in [1.29, 1.82) is 5.41 Å². The van der Waals surface area contributed by atoms with Crippen LogP contribution in [0, 0.1) is 10.8 Å². The molecule has 98 valence electrons. The molecule has 1 aliphatic carbocycles. The van der Waals surface area contributed by atoms with Gasteiger partial charge in [0.2, 0.25) is 0 Å². The van der Waals surface area contributed by atoms with Crippen LogP contribution in [-0.4, -0.2) is 40.7 Å². The molecular formula is C12H22N2O3. The minimum absolute atomic E-state index is 0.0256. The monoisotopic (exact) mass is 242 g/mol. The topological polar surface area (TPSA) is 73.6 Å². The highest BCUT2D eigenvalue weighted by Gasteiger charge is 2.56. The zero-order valence-corrected chi connectivity index (χ0v) is 11.0. The average molecular weight is 242 g/mol. The van der Waals surface area contributed by atoms with E-state index in [9.17, 15) is 9.90 Å². The highest BCUT2D eigenvalue weighted by atomic mass is 16.5. The fourth-order valence-corrected chi connectivity index (χ4v) is 1.72. The Morgan fingerprint density at radius 2 is 2.00 bits per heavy atom. The Morgan fingerprint density at radius 1 is 1.47 bits per heavy atom. The molecule has 0 aromatic carbocycles. The lowest BCUT2D eigenvalue weighted by Crippen LogP contribution is -2.48. The fraction of sp³-hybridized carbons (Fsp3) is 0.833. The van der Waals surface area contributed by atoms with Gasteiger partial charge in [-0.25, -0.2) is 4.79 Å². The lowest BCUT2D eigenvalue weighted by atomic mass is 9.99. The number of hydrogen-bond donors (Lipinski definition) is 2. The van der Waals surface area contributed by atoms with Crippen LogP contribution >= 0.6 is 0 Å². The molecule has 1 aliphatic rings. The van der Waals surface area contributed by atoms with Gasteiger partial charge in [0, 0.05) is 6.54 Å². The first-order valence-electron chi connectivity index (χ1n) is 5.95. The van der Waals surface area contributed by atoms with Crippen molar-refractivity contribution in [2.24, 2.45) is 5.41 Å².